The highest BCUT2D eigenvalue weighted by Crippen LogP contribution is 2.28. The molecule has 4 heteroatoms. The van der Waals surface area contributed by atoms with Crippen LogP contribution < -0.4 is 10.3 Å². The predicted molar refractivity (Wildman–Crippen MR) is 68.9 cm³/mol. The van der Waals surface area contributed by atoms with Gasteiger partial charge in [-0.25, -0.2) is 5.10 Å². The Hall–Kier alpha value is -2.62. The lowest BCUT2D eigenvalue weighted by atomic mass is 10.1. The Kier molecular flexibility index (Phi) is 2.53. The van der Waals surface area contributed by atoms with E-state index in [0.717, 1.165) is 10.8 Å². The van der Waals surface area contributed by atoms with Crippen molar-refractivity contribution in [2.45, 2.75) is 0 Å². The average molecular weight is 238 g/mol. The fraction of sp³-hybridized carbons (Fsp3) is 0. The lowest BCUT2D eigenvalue weighted by Gasteiger charge is -2.07. The fourth-order valence-corrected chi connectivity index (χ4v) is 1.83. The zero-order valence-corrected chi connectivity index (χ0v) is 9.46. The number of fused-ring (bicyclic) bond motifs is 1. The Labute approximate surface area is 103 Å². The van der Waals surface area contributed by atoms with Gasteiger partial charge in [-0.3, -0.25) is 4.79 Å². The SMILES string of the molecule is O=c1cc(Oc2cccc3ccccc23)cn[nH]1. The van der Waals surface area contributed by atoms with Gasteiger partial charge >= 0.3 is 0 Å². The molecule has 2 aromatic carbocycles. The first-order valence-electron chi connectivity index (χ1n) is 5.53. The minimum absolute atomic E-state index is 0.285. The summed E-state index contributed by atoms with van der Waals surface area (Å²) >= 11 is 0. The van der Waals surface area contributed by atoms with Gasteiger partial charge in [-0.15, -0.1) is 0 Å². The average Bonchev–Trinajstić information content (AvgIpc) is 2.39. The molecular weight excluding hydrogens is 228 g/mol. The van der Waals surface area contributed by atoms with Crippen molar-refractivity contribution in [2.24, 2.45) is 0 Å². The molecule has 0 unspecified atom stereocenters. The molecule has 4 nitrogen and oxygen atoms in total. The fourth-order valence-electron chi connectivity index (χ4n) is 1.83. The van der Waals surface area contributed by atoms with E-state index in [-0.39, 0.29) is 5.56 Å². The van der Waals surface area contributed by atoms with Gasteiger partial charge in [-0.05, 0) is 11.5 Å². The van der Waals surface area contributed by atoms with Crippen LogP contribution in [0, 0.1) is 0 Å². The summed E-state index contributed by atoms with van der Waals surface area (Å²) in [7, 11) is 0. The number of H-pyrrole nitrogens is 1. The molecule has 1 N–H and O–H groups in total. The van der Waals surface area contributed by atoms with Crippen LogP contribution in [0.1, 0.15) is 0 Å². The number of hydrogen-bond acceptors (Lipinski definition) is 3. The lowest BCUT2D eigenvalue weighted by molar-refractivity contribution is 0.483. The van der Waals surface area contributed by atoms with Crippen LogP contribution in [0.5, 0.6) is 11.5 Å². The second-order valence-electron chi connectivity index (χ2n) is 3.86. The first kappa shape index (κ1) is 10.5. The highest BCUT2D eigenvalue weighted by molar-refractivity contribution is 5.88. The van der Waals surface area contributed by atoms with Crippen LogP contribution in [0.2, 0.25) is 0 Å². The maximum Gasteiger partial charge on any atom is 0.267 e. The van der Waals surface area contributed by atoms with E-state index in [1.165, 1.54) is 12.3 Å². The van der Waals surface area contributed by atoms with Crippen molar-refractivity contribution in [3.63, 3.8) is 0 Å². The number of hydrogen-bond donors (Lipinski definition) is 1. The maximum absolute atomic E-state index is 11.1. The van der Waals surface area contributed by atoms with E-state index in [4.69, 9.17) is 4.74 Å². The first-order chi connectivity index (χ1) is 8.83. The summed E-state index contributed by atoms with van der Waals surface area (Å²) in [6, 6.07) is 15.1. The summed E-state index contributed by atoms with van der Waals surface area (Å²) in [5.41, 5.74) is -0.285. The second-order valence-corrected chi connectivity index (χ2v) is 3.86. The lowest BCUT2D eigenvalue weighted by Crippen LogP contribution is -2.05. The van der Waals surface area contributed by atoms with Crippen molar-refractivity contribution in [2.75, 3.05) is 0 Å². The van der Waals surface area contributed by atoms with Crippen LogP contribution in [0.4, 0.5) is 0 Å². The Balaban J connectivity index is 2.07. The van der Waals surface area contributed by atoms with Crippen LogP contribution in [0.3, 0.4) is 0 Å². The second kappa shape index (κ2) is 4.33. The molecule has 0 saturated heterocycles. The summed E-state index contributed by atoms with van der Waals surface area (Å²) in [5, 5.41) is 8.10. The van der Waals surface area contributed by atoms with Gasteiger partial charge < -0.3 is 4.74 Å². The van der Waals surface area contributed by atoms with Crippen LogP contribution in [-0.2, 0) is 0 Å². The van der Waals surface area contributed by atoms with E-state index in [2.05, 4.69) is 10.2 Å². The quantitative estimate of drug-likeness (QED) is 0.746. The van der Waals surface area contributed by atoms with E-state index in [1.54, 1.807) is 0 Å². The number of benzene rings is 2. The summed E-state index contributed by atoms with van der Waals surface area (Å²) in [6.07, 6.45) is 1.48. The molecule has 0 fully saturated rings. The van der Waals surface area contributed by atoms with Gasteiger partial charge in [0, 0.05) is 11.5 Å². The zero-order chi connectivity index (χ0) is 12.4. The summed E-state index contributed by atoms with van der Waals surface area (Å²) in [5.74, 6) is 1.13. The van der Waals surface area contributed by atoms with Crippen LogP contribution >= 0.6 is 0 Å². The van der Waals surface area contributed by atoms with Crippen molar-refractivity contribution >= 4 is 10.8 Å². The minimum Gasteiger partial charge on any atom is -0.455 e. The number of aromatic nitrogens is 2. The van der Waals surface area contributed by atoms with E-state index in [9.17, 15) is 4.79 Å². The first-order valence-corrected chi connectivity index (χ1v) is 5.53. The van der Waals surface area contributed by atoms with Crippen molar-refractivity contribution in [3.8, 4) is 11.5 Å². The standard InChI is InChI=1S/C14H10N2O2/c17-14-8-11(9-15-16-14)18-13-7-3-5-10-4-1-2-6-12(10)13/h1-9H,(H,16,17). The molecular formula is C14H10N2O2. The molecule has 88 valence electrons. The van der Waals surface area contributed by atoms with E-state index >= 15 is 0 Å². The highest BCUT2D eigenvalue weighted by atomic mass is 16.5. The third kappa shape index (κ3) is 1.96. The largest absolute Gasteiger partial charge is 0.455 e. The van der Waals surface area contributed by atoms with Gasteiger partial charge in [0.1, 0.15) is 5.75 Å². The number of aromatic amines is 1. The van der Waals surface area contributed by atoms with Gasteiger partial charge in [0.25, 0.3) is 5.56 Å². The third-order valence-electron chi connectivity index (χ3n) is 2.62. The molecule has 1 aromatic heterocycles. The topological polar surface area (TPSA) is 55.0 Å². The van der Waals surface area contributed by atoms with Gasteiger partial charge in [-0.2, -0.15) is 5.10 Å². The van der Waals surface area contributed by atoms with E-state index in [1.807, 2.05) is 42.5 Å². The third-order valence-corrected chi connectivity index (χ3v) is 2.62. The van der Waals surface area contributed by atoms with E-state index < -0.39 is 0 Å². The zero-order valence-electron chi connectivity index (χ0n) is 9.46. The molecule has 0 radical (unpaired) electrons. The number of nitrogens with one attached hydrogen (secondary N) is 1. The van der Waals surface area contributed by atoms with Crippen LogP contribution in [0.25, 0.3) is 10.8 Å². The van der Waals surface area contributed by atoms with Gasteiger partial charge in [0.05, 0.1) is 6.20 Å². The van der Waals surface area contributed by atoms with Crippen molar-refractivity contribution in [3.05, 3.63) is 65.1 Å². The number of ether oxygens (including phenoxy) is 1. The molecule has 0 atom stereocenters. The summed E-state index contributed by atoms with van der Waals surface area (Å²) in [4.78, 5) is 11.1. The molecule has 0 bridgehead atoms. The summed E-state index contributed by atoms with van der Waals surface area (Å²) < 4.78 is 5.69. The maximum atomic E-state index is 11.1. The van der Waals surface area contributed by atoms with Gasteiger partial charge in [0.15, 0.2) is 5.75 Å². The van der Waals surface area contributed by atoms with Gasteiger partial charge in [-0.1, -0.05) is 36.4 Å². The molecule has 3 aromatic rings. The monoisotopic (exact) mass is 238 g/mol. The molecule has 1 heterocycles. The van der Waals surface area contributed by atoms with Gasteiger partial charge in [0.2, 0.25) is 0 Å². The Morgan fingerprint density at radius 3 is 2.78 bits per heavy atom. The normalized spacial score (nSPS) is 10.4. The molecule has 0 spiro atoms. The van der Waals surface area contributed by atoms with E-state index in [0.29, 0.717) is 11.5 Å². The molecule has 0 saturated carbocycles. The van der Waals surface area contributed by atoms with Crippen LogP contribution in [0.15, 0.2) is 59.5 Å². The smallest absolute Gasteiger partial charge is 0.267 e. The highest BCUT2D eigenvalue weighted by Gasteiger charge is 2.03. The molecule has 18 heavy (non-hydrogen) atoms. The molecule has 0 aliphatic heterocycles. The molecule has 0 aliphatic carbocycles. The molecule has 0 amide bonds. The number of rotatable bonds is 2. The summed E-state index contributed by atoms with van der Waals surface area (Å²) in [6.45, 7) is 0. The predicted octanol–water partition coefficient (Wildman–Crippen LogP) is 2.72. The Bertz CT molecular complexity index is 744. The number of nitrogens with zero attached hydrogens (tertiary/aromatic N) is 1. The van der Waals surface area contributed by atoms with Crippen LogP contribution in [-0.4, -0.2) is 10.2 Å². The van der Waals surface area contributed by atoms with Crippen molar-refractivity contribution in [1.82, 2.24) is 10.2 Å². The van der Waals surface area contributed by atoms with Crippen molar-refractivity contribution < 1.29 is 4.74 Å². The molecule has 0 aliphatic rings. The Morgan fingerprint density at radius 1 is 1.06 bits per heavy atom. The minimum atomic E-state index is -0.285. The van der Waals surface area contributed by atoms with Crippen molar-refractivity contribution in [1.29, 1.82) is 0 Å². The Morgan fingerprint density at radius 2 is 1.89 bits per heavy atom. The molecule has 3 rings (SSSR count).